The number of likely N-dealkylation sites (tertiary alicyclic amines) is 1. The van der Waals surface area contributed by atoms with E-state index in [1.165, 1.54) is 23.5 Å². The Bertz CT molecular complexity index is 641. The van der Waals surface area contributed by atoms with Gasteiger partial charge in [-0.3, -0.25) is 4.79 Å². The van der Waals surface area contributed by atoms with E-state index in [1.54, 1.807) is 0 Å². The molecule has 1 amide bonds. The zero-order valence-corrected chi connectivity index (χ0v) is 14.4. The number of nitrogens with zero attached hydrogens (tertiary/aromatic N) is 3. The predicted octanol–water partition coefficient (Wildman–Crippen LogP) is 3.90. The molecular formula is C18H23N3OS. The molecule has 4 nitrogen and oxygen atoms in total. The average Bonchev–Trinajstić information content (AvgIpc) is 2.90. The van der Waals surface area contributed by atoms with E-state index in [1.807, 2.05) is 11.0 Å². The Balaban J connectivity index is 1.78. The van der Waals surface area contributed by atoms with E-state index < -0.39 is 0 Å². The second-order valence-electron chi connectivity index (χ2n) is 6.15. The van der Waals surface area contributed by atoms with Crippen LogP contribution in [0.25, 0.3) is 0 Å². The van der Waals surface area contributed by atoms with Crippen LogP contribution in [0.3, 0.4) is 0 Å². The Hall–Kier alpha value is -1.75. The Morgan fingerprint density at radius 2 is 2.13 bits per heavy atom. The highest BCUT2D eigenvalue weighted by atomic mass is 32.1. The molecule has 2 heterocycles. The summed E-state index contributed by atoms with van der Waals surface area (Å²) in [5.41, 5.74) is 2.20. The van der Waals surface area contributed by atoms with Gasteiger partial charge in [-0.1, -0.05) is 54.6 Å². The Labute approximate surface area is 141 Å². The lowest BCUT2D eigenvalue weighted by atomic mass is 9.94. The molecular weight excluding hydrogens is 306 g/mol. The highest BCUT2D eigenvalue weighted by Gasteiger charge is 2.26. The minimum atomic E-state index is 0.117. The number of carbonyl (C=O) groups is 1. The highest BCUT2D eigenvalue weighted by Crippen LogP contribution is 2.28. The monoisotopic (exact) mass is 329 g/mol. The van der Waals surface area contributed by atoms with Crippen molar-refractivity contribution in [2.24, 2.45) is 0 Å². The van der Waals surface area contributed by atoms with E-state index in [2.05, 4.69) is 40.8 Å². The van der Waals surface area contributed by atoms with E-state index in [0.29, 0.717) is 5.92 Å². The maximum Gasteiger partial charge on any atom is 0.267 e. The molecule has 1 unspecified atom stereocenters. The fourth-order valence-electron chi connectivity index (χ4n) is 3.24. The summed E-state index contributed by atoms with van der Waals surface area (Å²) in [5.74, 6) is 0.546. The third-order valence-electron chi connectivity index (χ3n) is 4.47. The predicted molar refractivity (Wildman–Crippen MR) is 92.8 cm³/mol. The standard InChI is InChI=1S/C18H23N3OS/c1-2-8-16-17(23-20-19-16)18(22)21-12-7-6-11-15(13-21)14-9-4-3-5-10-14/h3-5,9-10,15H,2,6-8,11-13H2,1H3. The maximum atomic E-state index is 12.9. The van der Waals surface area contributed by atoms with Crippen LogP contribution >= 0.6 is 11.5 Å². The SMILES string of the molecule is CCCc1nnsc1C(=O)N1CCCCC(c2ccccc2)C1. The Morgan fingerprint density at radius 1 is 1.30 bits per heavy atom. The van der Waals surface area contributed by atoms with Crippen LogP contribution in [-0.2, 0) is 6.42 Å². The molecule has 1 aromatic carbocycles. The smallest absolute Gasteiger partial charge is 0.267 e. The maximum absolute atomic E-state index is 12.9. The third-order valence-corrected chi connectivity index (χ3v) is 5.22. The number of aromatic nitrogens is 2. The number of amides is 1. The summed E-state index contributed by atoms with van der Waals surface area (Å²) in [7, 11) is 0. The van der Waals surface area contributed by atoms with Crippen molar-refractivity contribution < 1.29 is 4.79 Å². The second-order valence-corrected chi connectivity index (χ2v) is 6.91. The number of carbonyl (C=O) groups excluding carboxylic acids is 1. The number of hydrogen-bond acceptors (Lipinski definition) is 4. The zero-order chi connectivity index (χ0) is 16.1. The number of rotatable bonds is 4. The zero-order valence-electron chi connectivity index (χ0n) is 13.6. The molecule has 1 aromatic heterocycles. The fraction of sp³-hybridized carbons (Fsp3) is 0.500. The van der Waals surface area contributed by atoms with Gasteiger partial charge < -0.3 is 4.90 Å². The average molecular weight is 329 g/mol. The lowest BCUT2D eigenvalue weighted by Gasteiger charge is -2.24. The van der Waals surface area contributed by atoms with Crippen molar-refractivity contribution in [1.29, 1.82) is 0 Å². The van der Waals surface area contributed by atoms with E-state index in [-0.39, 0.29) is 5.91 Å². The number of aryl methyl sites for hydroxylation is 1. The second kappa shape index (κ2) is 7.68. The molecule has 3 rings (SSSR count). The summed E-state index contributed by atoms with van der Waals surface area (Å²) in [4.78, 5) is 15.7. The van der Waals surface area contributed by atoms with Gasteiger partial charge >= 0.3 is 0 Å². The van der Waals surface area contributed by atoms with Crippen LogP contribution in [0.1, 0.15) is 59.5 Å². The minimum Gasteiger partial charge on any atom is -0.337 e. The van der Waals surface area contributed by atoms with Gasteiger partial charge in [0.05, 0.1) is 5.69 Å². The molecule has 0 aliphatic carbocycles. The first-order valence-electron chi connectivity index (χ1n) is 8.45. The summed E-state index contributed by atoms with van der Waals surface area (Å²) < 4.78 is 4.00. The van der Waals surface area contributed by atoms with Crippen LogP contribution in [-0.4, -0.2) is 33.5 Å². The van der Waals surface area contributed by atoms with Gasteiger partial charge in [0.25, 0.3) is 5.91 Å². The number of benzene rings is 1. The van der Waals surface area contributed by atoms with Crippen molar-refractivity contribution >= 4 is 17.4 Å². The van der Waals surface area contributed by atoms with E-state index in [0.717, 1.165) is 49.3 Å². The van der Waals surface area contributed by atoms with Crippen LogP contribution in [0.2, 0.25) is 0 Å². The van der Waals surface area contributed by atoms with Gasteiger partial charge in [-0.2, -0.15) is 0 Å². The van der Waals surface area contributed by atoms with Gasteiger partial charge in [-0.15, -0.1) is 5.10 Å². The van der Waals surface area contributed by atoms with Crippen LogP contribution in [0.5, 0.6) is 0 Å². The molecule has 0 saturated carbocycles. The van der Waals surface area contributed by atoms with Crippen molar-refractivity contribution in [2.45, 2.75) is 44.9 Å². The molecule has 1 fully saturated rings. The first-order valence-corrected chi connectivity index (χ1v) is 9.22. The van der Waals surface area contributed by atoms with Gasteiger partial charge in [0.2, 0.25) is 0 Å². The van der Waals surface area contributed by atoms with E-state index in [9.17, 15) is 4.79 Å². The first kappa shape index (κ1) is 16.1. The molecule has 2 aromatic rings. The first-order chi connectivity index (χ1) is 11.3. The molecule has 1 atom stereocenters. The summed E-state index contributed by atoms with van der Waals surface area (Å²) in [6, 6.07) is 10.6. The molecule has 23 heavy (non-hydrogen) atoms. The van der Waals surface area contributed by atoms with Crippen molar-refractivity contribution in [3.63, 3.8) is 0 Å². The van der Waals surface area contributed by atoms with E-state index in [4.69, 9.17) is 0 Å². The van der Waals surface area contributed by atoms with Crippen LogP contribution < -0.4 is 0 Å². The summed E-state index contributed by atoms with van der Waals surface area (Å²) in [5, 5.41) is 4.14. The van der Waals surface area contributed by atoms with Gasteiger partial charge in [-0.05, 0) is 36.4 Å². The van der Waals surface area contributed by atoms with Crippen LogP contribution in [0.4, 0.5) is 0 Å². The largest absolute Gasteiger partial charge is 0.337 e. The van der Waals surface area contributed by atoms with Crippen molar-refractivity contribution in [3.8, 4) is 0 Å². The number of hydrogen-bond donors (Lipinski definition) is 0. The topological polar surface area (TPSA) is 46.1 Å². The lowest BCUT2D eigenvalue weighted by molar-refractivity contribution is 0.0758. The molecule has 122 valence electrons. The van der Waals surface area contributed by atoms with Gasteiger partial charge in [0, 0.05) is 19.0 Å². The lowest BCUT2D eigenvalue weighted by Crippen LogP contribution is -2.34. The molecule has 0 spiro atoms. The van der Waals surface area contributed by atoms with Gasteiger partial charge in [-0.25, -0.2) is 0 Å². The fourth-order valence-corrected chi connectivity index (χ4v) is 3.92. The van der Waals surface area contributed by atoms with Crippen molar-refractivity contribution in [1.82, 2.24) is 14.5 Å². The highest BCUT2D eigenvalue weighted by molar-refractivity contribution is 7.08. The van der Waals surface area contributed by atoms with Gasteiger partial charge in [0.1, 0.15) is 4.88 Å². The molecule has 0 radical (unpaired) electrons. The molecule has 5 heteroatoms. The van der Waals surface area contributed by atoms with E-state index >= 15 is 0 Å². The molecule has 1 aliphatic rings. The molecule has 1 aliphatic heterocycles. The van der Waals surface area contributed by atoms with Crippen molar-refractivity contribution in [2.75, 3.05) is 13.1 Å². The quantitative estimate of drug-likeness (QED) is 0.854. The van der Waals surface area contributed by atoms with Crippen LogP contribution in [0.15, 0.2) is 30.3 Å². The summed E-state index contributed by atoms with van der Waals surface area (Å²) >= 11 is 1.24. The molecule has 0 N–H and O–H groups in total. The summed E-state index contributed by atoms with van der Waals surface area (Å²) in [6.45, 7) is 3.74. The third kappa shape index (κ3) is 3.78. The molecule has 1 saturated heterocycles. The Kier molecular flexibility index (Phi) is 5.39. The summed E-state index contributed by atoms with van der Waals surface area (Å²) in [6.07, 6.45) is 5.21. The Morgan fingerprint density at radius 3 is 2.91 bits per heavy atom. The normalized spacial score (nSPS) is 18.7. The van der Waals surface area contributed by atoms with Gasteiger partial charge in [0.15, 0.2) is 0 Å². The minimum absolute atomic E-state index is 0.117. The molecule has 0 bridgehead atoms. The van der Waals surface area contributed by atoms with Crippen LogP contribution in [0, 0.1) is 0 Å². The van der Waals surface area contributed by atoms with Crippen molar-refractivity contribution in [3.05, 3.63) is 46.5 Å².